The van der Waals surface area contributed by atoms with Crippen LogP contribution in [-0.4, -0.2) is 36.1 Å². The third-order valence-electron chi connectivity index (χ3n) is 3.83. The van der Waals surface area contributed by atoms with Gasteiger partial charge in [-0.1, -0.05) is 11.8 Å². The molecule has 0 amide bonds. The van der Waals surface area contributed by atoms with Gasteiger partial charge in [-0.2, -0.15) is 0 Å². The highest BCUT2D eigenvalue weighted by Gasteiger charge is 2.11. The lowest BCUT2D eigenvalue weighted by Gasteiger charge is -2.12. The van der Waals surface area contributed by atoms with Crippen LogP contribution in [0.4, 0.5) is 0 Å². The van der Waals surface area contributed by atoms with E-state index < -0.39 is 6.10 Å². The molecule has 1 N–H and O–H groups in total. The Morgan fingerprint density at radius 3 is 2.73 bits per heavy atom. The van der Waals surface area contributed by atoms with Crippen LogP contribution in [0.1, 0.15) is 11.1 Å². The van der Waals surface area contributed by atoms with E-state index in [0.717, 1.165) is 16.2 Å². The van der Waals surface area contributed by atoms with E-state index in [-0.39, 0.29) is 0 Å². The van der Waals surface area contributed by atoms with Crippen molar-refractivity contribution < 1.29 is 5.11 Å². The van der Waals surface area contributed by atoms with Crippen LogP contribution in [0.2, 0.25) is 0 Å². The molecule has 3 rings (SSSR count). The number of hydrogen-bond donors (Lipinski definition) is 1. The summed E-state index contributed by atoms with van der Waals surface area (Å²) in [5, 5.41) is 11.2. The fourth-order valence-electron chi connectivity index (χ4n) is 2.40. The van der Waals surface area contributed by atoms with Crippen LogP contribution >= 0.6 is 11.8 Å². The molecular formula is C16H20N4OS. The van der Waals surface area contributed by atoms with E-state index in [1.165, 1.54) is 11.1 Å². The van der Waals surface area contributed by atoms with Crippen LogP contribution in [0.15, 0.2) is 36.0 Å². The van der Waals surface area contributed by atoms with Crippen molar-refractivity contribution in [2.45, 2.75) is 31.7 Å². The molecule has 0 fully saturated rings. The molecule has 0 aliphatic carbocycles. The Labute approximate surface area is 134 Å². The minimum atomic E-state index is -0.444. The maximum atomic E-state index is 10.3. The summed E-state index contributed by atoms with van der Waals surface area (Å²) < 4.78 is 3.97. The fourth-order valence-corrected chi connectivity index (χ4v) is 3.25. The van der Waals surface area contributed by atoms with E-state index in [1.807, 2.05) is 22.4 Å². The van der Waals surface area contributed by atoms with Gasteiger partial charge in [0.05, 0.1) is 30.0 Å². The molecule has 1 aromatic carbocycles. The highest BCUT2D eigenvalue weighted by atomic mass is 32.2. The molecule has 0 bridgehead atoms. The zero-order valence-electron chi connectivity index (χ0n) is 13.0. The summed E-state index contributed by atoms with van der Waals surface area (Å²) in [4.78, 5) is 8.68. The standard InChI is InChI=1S/C16H20N4OS/c1-11-6-14-15(7-12(11)2)20(10-18-14)8-13(21)9-22-16-17-4-5-19(16)3/h4-7,10,13,21H,8-9H2,1-3H3/t13-/m0/s1. The van der Waals surface area contributed by atoms with Crippen LogP contribution < -0.4 is 0 Å². The second-order valence-corrected chi connectivity index (χ2v) is 6.59. The topological polar surface area (TPSA) is 55.9 Å². The first kappa shape index (κ1) is 15.1. The Kier molecular flexibility index (Phi) is 4.22. The van der Waals surface area contributed by atoms with E-state index in [2.05, 4.69) is 35.9 Å². The highest BCUT2D eigenvalue weighted by Crippen LogP contribution is 2.20. The molecular weight excluding hydrogens is 296 g/mol. The molecule has 0 unspecified atom stereocenters. The number of aromatic nitrogens is 4. The quantitative estimate of drug-likeness (QED) is 0.735. The molecule has 0 radical (unpaired) electrons. The number of rotatable bonds is 5. The number of benzene rings is 1. The Morgan fingerprint density at radius 2 is 2.00 bits per heavy atom. The molecule has 0 spiro atoms. The molecule has 0 aliphatic rings. The first-order valence-corrected chi connectivity index (χ1v) is 8.23. The van der Waals surface area contributed by atoms with Crippen LogP contribution in [-0.2, 0) is 13.6 Å². The molecule has 0 aliphatic heterocycles. The summed E-state index contributed by atoms with van der Waals surface area (Å²) in [6.45, 7) is 4.72. The smallest absolute Gasteiger partial charge is 0.167 e. The fraction of sp³-hybridized carbons (Fsp3) is 0.375. The average Bonchev–Trinajstić information content (AvgIpc) is 3.05. The van der Waals surface area contributed by atoms with Crippen molar-refractivity contribution in [2.75, 3.05) is 5.75 Å². The van der Waals surface area contributed by atoms with Crippen molar-refractivity contribution in [2.24, 2.45) is 7.05 Å². The van der Waals surface area contributed by atoms with Gasteiger partial charge in [0.25, 0.3) is 0 Å². The second-order valence-electron chi connectivity index (χ2n) is 5.61. The van der Waals surface area contributed by atoms with Crippen molar-refractivity contribution in [1.82, 2.24) is 19.1 Å². The Hall–Kier alpha value is -1.79. The summed E-state index contributed by atoms with van der Waals surface area (Å²) in [6, 6.07) is 4.23. The maximum absolute atomic E-state index is 10.3. The number of nitrogens with zero attached hydrogens (tertiary/aromatic N) is 4. The molecule has 1 atom stereocenters. The van der Waals surface area contributed by atoms with Gasteiger partial charge in [-0.15, -0.1) is 0 Å². The van der Waals surface area contributed by atoms with Gasteiger partial charge < -0.3 is 14.2 Å². The van der Waals surface area contributed by atoms with Gasteiger partial charge in [0, 0.05) is 25.2 Å². The lowest BCUT2D eigenvalue weighted by Crippen LogP contribution is -2.18. The first-order valence-electron chi connectivity index (χ1n) is 7.25. The first-order chi connectivity index (χ1) is 10.5. The number of aryl methyl sites for hydroxylation is 3. The van der Waals surface area contributed by atoms with Crippen molar-refractivity contribution >= 4 is 22.8 Å². The van der Waals surface area contributed by atoms with Crippen LogP contribution in [0.5, 0.6) is 0 Å². The largest absolute Gasteiger partial charge is 0.390 e. The van der Waals surface area contributed by atoms with E-state index in [4.69, 9.17) is 0 Å². The van der Waals surface area contributed by atoms with Crippen molar-refractivity contribution in [3.8, 4) is 0 Å². The zero-order valence-corrected chi connectivity index (χ0v) is 13.8. The number of imidazole rings is 2. The highest BCUT2D eigenvalue weighted by molar-refractivity contribution is 7.99. The van der Waals surface area contributed by atoms with Gasteiger partial charge in [-0.05, 0) is 37.1 Å². The second kappa shape index (κ2) is 6.14. The lowest BCUT2D eigenvalue weighted by molar-refractivity contribution is 0.179. The van der Waals surface area contributed by atoms with Crippen molar-refractivity contribution in [3.05, 3.63) is 42.0 Å². The normalized spacial score (nSPS) is 12.9. The van der Waals surface area contributed by atoms with Gasteiger partial charge in [0.15, 0.2) is 5.16 Å². The minimum Gasteiger partial charge on any atom is -0.390 e. The summed E-state index contributed by atoms with van der Waals surface area (Å²) in [6.07, 6.45) is 5.03. The molecule has 0 saturated carbocycles. The van der Waals surface area contributed by atoms with Gasteiger partial charge in [0.2, 0.25) is 0 Å². The molecule has 2 heterocycles. The molecule has 6 heteroatoms. The summed E-state index contributed by atoms with van der Waals surface area (Å²) >= 11 is 1.56. The van der Waals surface area contributed by atoms with Crippen LogP contribution in [0, 0.1) is 13.8 Å². The Bertz CT molecular complexity index is 793. The third-order valence-corrected chi connectivity index (χ3v) is 5.03. The number of fused-ring (bicyclic) bond motifs is 1. The molecule has 22 heavy (non-hydrogen) atoms. The number of thioether (sulfide) groups is 1. The van der Waals surface area contributed by atoms with Crippen molar-refractivity contribution in [1.29, 1.82) is 0 Å². The van der Waals surface area contributed by atoms with Crippen LogP contribution in [0.3, 0.4) is 0 Å². The molecule has 0 saturated heterocycles. The Morgan fingerprint density at radius 1 is 1.23 bits per heavy atom. The zero-order chi connectivity index (χ0) is 15.7. The predicted octanol–water partition coefficient (Wildman–Crippen LogP) is 2.54. The van der Waals surface area contributed by atoms with E-state index >= 15 is 0 Å². The monoisotopic (exact) mass is 316 g/mol. The third kappa shape index (κ3) is 3.03. The minimum absolute atomic E-state index is 0.444. The maximum Gasteiger partial charge on any atom is 0.167 e. The van der Waals surface area contributed by atoms with Gasteiger partial charge in [0.1, 0.15) is 0 Å². The molecule has 5 nitrogen and oxygen atoms in total. The number of aliphatic hydroxyl groups is 1. The van der Waals surface area contributed by atoms with Crippen molar-refractivity contribution in [3.63, 3.8) is 0 Å². The molecule has 3 aromatic rings. The summed E-state index contributed by atoms with van der Waals surface area (Å²) in [5.41, 5.74) is 4.53. The van der Waals surface area contributed by atoms with E-state index in [9.17, 15) is 5.11 Å². The Balaban J connectivity index is 1.70. The summed E-state index contributed by atoms with van der Waals surface area (Å²) in [7, 11) is 1.95. The lowest BCUT2D eigenvalue weighted by atomic mass is 10.1. The van der Waals surface area contributed by atoms with E-state index in [0.29, 0.717) is 12.3 Å². The average molecular weight is 316 g/mol. The van der Waals surface area contributed by atoms with E-state index in [1.54, 1.807) is 24.3 Å². The van der Waals surface area contributed by atoms with Gasteiger partial charge in [-0.3, -0.25) is 0 Å². The number of aliphatic hydroxyl groups excluding tert-OH is 1. The summed E-state index contributed by atoms with van der Waals surface area (Å²) in [5.74, 6) is 0.607. The van der Waals surface area contributed by atoms with Gasteiger partial charge >= 0.3 is 0 Å². The SMILES string of the molecule is Cc1cc2ncn(C[C@H](O)CSc3nccn3C)c2cc1C. The number of hydrogen-bond acceptors (Lipinski definition) is 4. The van der Waals surface area contributed by atoms with Gasteiger partial charge in [-0.25, -0.2) is 9.97 Å². The van der Waals surface area contributed by atoms with Crippen LogP contribution in [0.25, 0.3) is 11.0 Å². The molecule has 116 valence electrons. The predicted molar refractivity (Wildman–Crippen MR) is 89.1 cm³/mol. The molecule has 2 aromatic heterocycles.